The van der Waals surface area contributed by atoms with Gasteiger partial charge in [0.2, 0.25) is 5.82 Å². The van der Waals surface area contributed by atoms with Crippen LogP contribution in [0.3, 0.4) is 0 Å². The van der Waals surface area contributed by atoms with Crippen molar-refractivity contribution in [1.82, 2.24) is 10.1 Å². The third kappa shape index (κ3) is 4.53. The first-order valence-corrected chi connectivity index (χ1v) is 8.80. The van der Waals surface area contributed by atoms with Gasteiger partial charge in [0.15, 0.2) is 0 Å². The van der Waals surface area contributed by atoms with Crippen molar-refractivity contribution >= 4 is 22.7 Å². The first-order valence-electron chi connectivity index (χ1n) is 8.42. The normalized spacial score (nSPS) is 11.2. The van der Waals surface area contributed by atoms with Crippen LogP contribution in [0.25, 0.3) is 22.5 Å². The monoisotopic (exact) mass is 398 g/mol. The maximum absolute atomic E-state index is 6.38. The van der Waals surface area contributed by atoms with Gasteiger partial charge in [-0.15, -0.1) is 0 Å². The highest BCUT2D eigenvalue weighted by Crippen LogP contribution is 2.33. The predicted octanol–water partition coefficient (Wildman–Crippen LogP) is 5.06. The molecule has 0 spiro atoms. The van der Waals surface area contributed by atoms with Crippen LogP contribution in [0.5, 0.6) is 17.2 Å². The molecule has 0 aliphatic heterocycles. The zero-order valence-corrected chi connectivity index (χ0v) is 16.3. The molecule has 0 aliphatic carbocycles. The van der Waals surface area contributed by atoms with Crippen molar-refractivity contribution in [3.05, 3.63) is 66.6 Å². The zero-order chi connectivity index (χ0) is 19.9. The summed E-state index contributed by atoms with van der Waals surface area (Å²) in [7, 11) is 3.15. The molecule has 0 amide bonds. The van der Waals surface area contributed by atoms with Gasteiger partial charge in [-0.2, -0.15) is 4.98 Å². The van der Waals surface area contributed by atoms with Crippen molar-refractivity contribution in [3.8, 4) is 28.6 Å². The van der Waals surface area contributed by atoms with Gasteiger partial charge in [0.1, 0.15) is 28.9 Å². The Bertz CT molecular complexity index is 998. The largest absolute Gasteiger partial charge is 0.497 e. The SMILES string of the molecule is C=CCOc1cccc(/C=C(\Cl)c2nc(-c3ccc(OC)cc3OC)no2)c1. The summed E-state index contributed by atoms with van der Waals surface area (Å²) in [5.41, 5.74) is 1.51. The third-order valence-corrected chi connectivity index (χ3v) is 4.07. The van der Waals surface area contributed by atoms with Crippen molar-refractivity contribution < 1.29 is 18.7 Å². The van der Waals surface area contributed by atoms with Crippen LogP contribution in [0.1, 0.15) is 11.5 Å². The number of nitrogens with zero attached hydrogens (tertiary/aromatic N) is 2. The quantitative estimate of drug-likeness (QED) is 0.494. The van der Waals surface area contributed by atoms with E-state index >= 15 is 0 Å². The number of rotatable bonds is 8. The number of methoxy groups -OCH3 is 2. The molecular weight excluding hydrogens is 380 g/mol. The molecule has 1 aromatic heterocycles. The fourth-order valence-corrected chi connectivity index (χ4v) is 2.67. The van der Waals surface area contributed by atoms with Crippen LogP contribution in [0.4, 0.5) is 0 Å². The van der Waals surface area contributed by atoms with Crippen LogP contribution >= 0.6 is 11.6 Å². The molecule has 28 heavy (non-hydrogen) atoms. The molecule has 3 aromatic rings. The first kappa shape index (κ1) is 19.5. The van der Waals surface area contributed by atoms with Gasteiger partial charge >= 0.3 is 0 Å². The molecule has 0 fully saturated rings. The maximum Gasteiger partial charge on any atom is 0.269 e. The van der Waals surface area contributed by atoms with Gasteiger partial charge in [-0.3, -0.25) is 0 Å². The van der Waals surface area contributed by atoms with Gasteiger partial charge in [0, 0.05) is 6.07 Å². The summed E-state index contributed by atoms with van der Waals surface area (Å²) in [5.74, 6) is 2.52. The van der Waals surface area contributed by atoms with Crippen LogP contribution < -0.4 is 14.2 Å². The van der Waals surface area contributed by atoms with Crippen LogP contribution in [0.15, 0.2) is 59.6 Å². The second-order valence-corrected chi connectivity index (χ2v) is 6.06. The Morgan fingerprint density at radius 1 is 1.14 bits per heavy atom. The molecule has 0 aliphatic rings. The van der Waals surface area contributed by atoms with Gasteiger partial charge in [-0.25, -0.2) is 0 Å². The summed E-state index contributed by atoms with van der Waals surface area (Å²) in [6.45, 7) is 4.06. The van der Waals surface area contributed by atoms with Crippen LogP contribution in [0.2, 0.25) is 0 Å². The maximum atomic E-state index is 6.38. The van der Waals surface area contributed by atoms with Crippen molar-refractivity contribution in [1.29, 1.82) is 0 Å². The Hall–Kier alpha value is -3.25. The van der Waals surface area contributed by atoms with Crippen molar-refractivity contribution in [2.45, 2.75) is 0 Å². The Morgan fingerprint density at radius 3 is 2.75 bits per heavy atom. The molecule has 1 heterocycles. The number of hydrogen-bond donors (Lipinski definition) is 0. The van der Waals surface area contributed by atoms with E-state index in [0.717, 1.165) is 5.56 Å². The lowest BCUT2D eigenvalue weighted by molar-refractivity contribution is 0.363. The number of hydrogen-bond acceptors (Lipinski definition) is 6. The van der Waals surface area contributed by atoms with E-state index in [4.69, 9.17) is 30.3 Å². The summed E-state index contributed by atoms with van der Waals surface area (Å²) >= 11 is 6.38. The molecule has 0 N–H and O–H groups in total. The van der Waals surface area contributed by atoms with Crippen LogP contribution in [-0.4, -0.2) is 31.0 Å². The van der Waals surface area contributed by atoms with Gasteiger partial charge in [0.05, 0.1) is 19.8 Å². The molecule has 7 heteroatoms. The van der Waals surface area contributed by atoms with Crippen molar-refractivity contribution in [2.24, 2.45) is 0 Å². The topological polar surface area (TPSA) is 66.6 Å². The summed E-state index contributed by atoms with van der Waals surface area (Å²) in [4.78, 5) is 4.37. The van der Waals surface area contributed by atoms with E-state index in [1.807, 2.05) is 24.3 Å². The second kappa shape index (κ2) is 9.10. The standard InChI is InChI=1S/C21H19ClN2O4/c1-4-10-27-16-7-5-6-14(11-16)12-18(22)21-23-20(24-28-21)17-9-8-15(25-2)13-19(17)26-3/h4-9,11-13H,1,10H2,2-3H3/b18-12-. The van der Waals surface area contributed by atoms with E-state index in [9.17, 15) is 0 Å². The predicted molar refractivity (Wildman–Crippen MR) is 109 cm³/mol. The minimum Gasteiger partial charge on any atom is -0.497 e. The van der Waals surface area contributed by atoms with Crippen LogP contribution in [-0.2, 0) is 0 Å². The first-order chi connectivity index (χ1) is 13.6. The average Bonchev–Trinajstić information content (AvgIpc) is 3.22. The van der Waals surface area contributed by atoms with E-state index in [-0.39, 0.29) is 5.89 Å². The molecule has 0 saturated heterocycles. The molecule has 3 rings (SSSR count). The van der Waals surface area contributed by atoms with E-state index in [2.05, 4.69) is 16.7 Å². The number of aromatic nitrogens is 2. The lowest BCUT2D eigenvalue weighted by Crippen LogP contribution is -1.92. The minimum atomic E-state index is 0.201. The van der Waals surface area contributed by atoms with Gasteiger partial charge in [0.25, 0.3) is 5.89 Å². The number of benzene rings is 2. The molecule has 0 saturated carbocycles. The molecule has 0 atom stereocenters. The molecule has 0 unspecified atom stereocenters. The zero-order valence-electron chi connectivity index (χ0n) is 15.5. The van der Waals surface area contributed by atoms with E-state index in [1.54, 1.807) is 44.6 Å². The Labute approximate surface area is 168 Å². The van der Waals surface area contributed by atoms with Gasteiger partial charge in [-0.1, -0.05) is 41.5 Å². The lowest BCUT2D eigenvalue weighted by Gasteiger charge is -2.07. The molecule has 0 bridgehead atoms. The minimum absolute atomic E-state index is 0.201. The van der Waals surface area contributed by atoms with Crippen molar-refractivity contribution in [3.63, 3.8) is 0 Å². The molecule has 144 valence electrons. The fraction of sp³-hybridized carbons (Fsp3) is 0.143. The van der Waals surface area contributed by atoms with E-state index < -0.39 is 0 Å². The Kier molecular flexibility index (Phi) is 6.34. The molecule has 2 aromatic carbocycles. The highest BCUT2D eigenvalue weighted by molar-refractivity contribution is 6.50. The smallest absolute Gasteiger partial charge is 0.269 e. The average molecular weight is 399 g/mol. The molecule has 6 nitrogen and oxygen atoms in total. The molecule has 0 radical (unpaired) electrons. The highest BCUT2D eigenvalue weighted by atomic mass is 35.5. The van der Waals surface area contributed by atoms with Crippen molar-refractivity contribution in [2.75, 3.05) is 20.8 Å². The third-order valence-electron chi connectivity index (χ3n) is 3.80. The van der Waals surface area contributed by atoms with E-state index in [0.29, 0.717) is 40.3 Å². The summed E-state index contributed by atoms with van der Waals surface area (Å²) in [6.07, 6.45) is 3.41. The lowest BCUT2D eigenvalue weighted by atomic mass is 10.2. The fourth-order valence-electron chi connectivity index (χ4n) is 2.47. The van der Waals surface area contributed by atoms with Gasteiger partial charge in [-0.05, 0) is 35.9 Å². The summed E-state index contributed by atoms with van der Waals surface area (Å²) in [6, 6.07) is 12.8. The summed E-state index contributed by atoms with van der Waals surface area (Å²) in [5, 5.41) is 4.32. The Balaban J connectivity index is 1.85. The molecular formula is C21H19ClN2O4. The Morgan fingerprint density at radius 2 is 2.00 bits per heavy atom. The van der Waals surface area contributed by atoms with Gasteiger partial charge < -0.3 is 18.7 Å². The van der Waals surface area contributed by atoms with E-state index in [1.165, 1.54) is 0 Å². The summed E-state index contributed by atoms with van der Waals surface area (Å²) < 4.78 is 21.4. The second-order valence-electron chi connectivity index (χ2n) is 5.65. The van der Waals surface area contributed by atoms with Crippen LogP contribution in [0, 0.1) is 0 Å². The number of halogens is 1. The number of ether oxygens (including phenoxy) is 3. The highest BCUT2D eigenvalue weighted by Gasteiger charge is 2.16.